The summed E-state index contributed by atoms with van der Waals surface area (Å²) in [6.07, 6.45) is 4.22. The fourth-order valence-electron chi connectivity index (χ4n) is 4.99. The first-order chi connectivity index (χ1) is 17.4. The predicted octanol–water partition coefficient (Wildman–Crippen LogP) is 2.75. The van der Waals surface area contributed by atoms with E-state index < -0.39 is 10.0 Å². The summed E-state index contributed by atoms with van der Waals surface area (Å²) in [7, 11) is -2.01. The lowest BCUT2D eigenvalue weighted by Crippen LogP contribution is -2.49. The molecule has 0 N–H and O–H groups in total. The molecule has 0 amide bonds. The minimum absolute atomic E-state index is 0.0245. The lowest BCUT2D eigenvalue weighted by Gasteiger charge is -2.34. The monoisotopic (exact) mass is 532 g/mol. The highest BCUT2D eigenvalue weighted by molar-refractivity contribution is 7.89. The van der Waals surface area contributed by atoms with Crippen molar-refractivity contribution in [3.63, 3.8) is 0 Å². The Hall–Kier alpha value is -2.47. The highest BCUT2D eigenvalue weighted by Gasteiger charge is 2.29. The molecule has 0 saturated carbocycles. The smallest absolute Gasteiger partial charge is 0.300 e. The van der Waals surface area contributed by atoms with Gasteiger partial charge in [0.05, 0.1) is 24.0 Å². The summed E-state index contributed by atoms with van der Waals surface area (Å²) in [4.78, 5) is 22.8. The molecule has 0 spiro atoms. The average Bonchev–Trinajstić information content (AvgIpc) is 3.27. The SMILES string of the molecule is CCOc1nc2sc3c(c2c(=O)n1CCN1CCN(S(=O)(=O)c2ccc(OC)cc2)CC1)CCCC3. The zero-order valence-electron chi connectivity index (χ0n) is 20.7. The van der Waals surface area contributed by atoms with Crippen LogP contribution in [0.5, 0.6) is 11.8 Å². The van der Waals surface area contributed by atoms with E-state index in [1.807, 2.05) is 6.92 Å². The quantitative estimate of drug-likeness (QED) is 0.440. The Morgan fingerprint density at radius 2 is 1.75 bits per heavy atom. The minimum atomic E-state index is -3.56. The van der Waals surface area contributed by atoms with Crippen LogP contribution >= 0.6 is 11.3 Å². The number of thiophene rings is 1. The lowest BCUT2D eigenvalue weighted by molar-refractivity contribution is 0.178. The summed E-state index contributed by atoms with van der Waals surface area (Å²) in [6, 6.07) is 6.84. The van der Waals surface area contributed by atoms with E-state index in [4.69, 9.17) is 14.5 Å². The number of ether oxygens (including phenoxy) is 2. The normalized spacial score (nSPS) is 17.3. The van der Waals surface area contributed by atoms with Crippen molar-refractivity contribution in [1.82, 2.24) is 18.8 Å². The maximum atomic E-state index is 13.6. The number of piperazine rings is 1. The molecule has 3 heterocycles. The molecule has 0 radical (unpaired) electrons. The number of benzene rings is 1. The predicted molar refractivity (Wildman–Crippen MR) is 140 cm³/mol. The summed E-state index contributed by atoms with van der Waals surface area (Å²) in [5.74, 6) is 0.621. The molecule has 36 heavy (non-hydrogen) atoms. The van der Waals surface area contributed by atoms with Gasteiger partial charge in [0, 0.05) is 44.1 Å². The van der Waals surface area contributed by atoms with Gasteiger partial charge in [0.25, 0.3) is 5.56 Å². The fraction of sp³-hybridized carbons (Fsp3) is 0.520. The van der Waals surface area contributed by atoms with Crippen LogP contribution in [0.25, 0.3) is 10.2 Å². The highest BCUT2D eigenvalue weighted by atomic mass is 32.2. The average molecular weight is 533 g/mol. The number of aromatic nitrogens is 2. The van der Waals surface area contributed by atoms with Gasteiger partial charge in [-0.3, -0.25) is 14.3 Å². The number of nitrogens with zero attached hydrogens (tertiary/aromatic N) is 4. The van der Waals surface area contributed by atoms with Crippen LogP contribution in [0.4, 0.5) is 0 Å². The summed E-state index contributed by atoms with van der Waals surface area (Å²) in [6.45, 7) is 5.39. The minimum Gasteiger partial charge on any atom is -0.497 e. The Morgan fingerprint density at radius 3 is 2.44 bits per heavy atom. The van der Waals surface area contributed by atoms with E-state index >= 15 is 0 Å². The van der Waals surface area contributed by atoms with Gasteiger partial charge in [0.1, 0.15) is 10.6 Å². The van der Waals surface area contributed by atoms with E-state index in [0.29, 0.717) is 57.6 Å². The molecule has 1 aliphatic carbocycles. The van der Waals surface area contributed by atoms with E-state index in [9.17, 15) is 13.2 Å². The van der Waals surface area contributed by atoms with Gasteiger partial charge in [0.2, 0.25) is 10.0 Å². The van der Waals surface area contributed by atoms with Gasteiger partial charge in [-0.2, -0.15) is 9.29 Å². The van der Waals surface area contributed by atoms with Crippen molar-refractivity contribution in [2.75, 3.05) is 46.4 Å². The summed E-state index contributed by atoms with van der Waals surface area (Å²) in [5, 5.41) is 0.758. The Balaban J connectivity index is 1.29. The highest BCUT2D eigenvalue weighted by Crippen LogP contribution is 2.34. The summed E-state index contributed by atoms with van der Waals surface area (Å²) in [5.41, 5.74) is 1.15. The van der Waals surface area contributed by atoms with Crippen LogP contribution < -0.4 is 15.0 Å². The molecule has 0 bridgehead atoms. The Bertz CT molecular complexity index is 1390. The van der Waals surface area contributed by atoms with Crippen LogP contribution in [0.1, 0.15) is 30.2 Å². The zero-order chi connectivity index (χ0) is 25.3. The van der Waals surface area contributed by atoms with E-state index in [1.165, 1.54) is 14.7 Å². The molecule has 0 unspecified atom stereocenters. The van der Waals surface area contributed by atoms with Gasteiger partial charge >= 0.3 is 6.01 Å². The van der Waals surface area contributed by atoms with Gasteiger partial charge in [-0.15, -0.1) is 11.3 Å². The molecule has 2 aromatic heterocycles. The second-order valence-electron chi connectivity index (χ2n) is 9.10. The Labute approximate surface area is 215 Å². The van der Waals surface area contributed by atoms with Crippen LogP contribution in [0.3, 0.4) is 0 Å². The van der Waals surface area contributed by atoms with Crippen molar-refractivity contribution < 1.29 is 17.9 Å². The molecule has 5 rings (SSSR count). The number of hydrogen-bond acceptors (Lipinski definition) is 8. The van der Waals surface area contributed by atoms with Crippen molar-refractivity contribution in [1.29, 1.82) is 0 Å². The van der Waals surface area contributed by atoms with E-state index in [1.54, 1.807) is 47.3 Å². The van der Waals surface area contributed by atoms with Crippen LogP contribution in [0.2, 0.25) is 0 Å². The lowest BCUT2D eigenvalue weighted by atomic mass is 9.97. The van der Waals surface area contributed by atoms with E-state index in [-0.39, 0.29) is 10.5 Å². The first-order valence-electron chi connectivity index (χ1n) is 12.5. The molecule has 2 aliphatic rings. The van der Waals surface area contributed by atoms with Crippen LogP contribution in [0.15, 0.2) is 34.0 Å². The molecule has 1 aliphatic heterocycles. The second-order valence-corrected chi connectivity index (χ2v) is 12.1. The molecular formula is C25H32N4O5S2. The maximum absolute atomic E-state index is 13.6. The molecule has 1 fully saturated rings. The number of methoxy groups -OCH3 is 1. The largest absolute Gasteiger partial charge is 0.497 e. The zero-order valence-corrected chi connectivity index (χ0v) is 22.4. The van der Waals surface area contributed by atoms with E-state index in [2.05, 4.69) is 4.90 Å². The molecule has 9 nitrogen and oxygen atoms in total. The number of hydrogen-bond donors (Lipinski definition) is 0. The summed E-state index contributed by atoms with van der Waals surface area (Å²) < 4.78 is 40.2. The van der Waals surface area contributed by atoms with Crippen LogP contribution in [0, 0.1) is 0 Å². The number of aryl methyl sites for hydroxylation is 2. The number of rotatable bonds is 8. The second kappa shape index (κ2) is 10.5. The van der Waals surface area contributed by atoms with Gasteiger partial charge in [-0.05, 0) is 62.4 Å². The van der Waals surface area contributed by atoms with Gasteiger partial charge in [-0.1, -0.05) is 0 Å². The molecule has 1 saturated heterocycles. The molecule has 194 valence electrons. The molecule has 1 aromatic carbocycles. The number of sulfonamides is 1. The van der Waals surface area contributed by atoms with Gasteiger partial charge in [0.15, 0.2) is 0 Å². The molecule has 0 atom stereocenters. The van der Waals surface area contributed by atoms with Crippen LogP contribution in [-0.4, -0.2) is 73.6 Å². The van der Waals surface area contributed by atoms with Crippen molar-refractivity contribution in [2.24, 2.45) is 0 Å². The standard InChI is InChI=1S/C25H32N4O5S2/c1-3-34-25-26-23-22(20-6-4-5-7-21(20)35-23)24(30)29(25)17-14-27-12-15-28(16-13-27)36(31,32)19-10-8-18(33-2)9-11-19/h8-11H,3-7,12-17H2,1-2H3. The van der Waals surface area contributed by atoms with Crippen molar-refractivity contribution in [2.45, 2.75) is 44.0 Å². The Kier molecular flexibility index (Phi) is 7.34. The third-order valence-electron chi connectivity index (χ3n) is 6.98. The van der Waals surface area contributed by atoms with E-state index in [0.717, 1.165) is 35.9 Å². The van der Waals surface area contributed by atoms with Gasteiger partial charge in [-0.25, -0.2) is 8.42 Å². The van der Waals surface area contributed by atoms with Crippen molar-refractivity contribution in [3.8, 4) is 11.8 Å². The first kappa shape index (κ1) is 25.2. The van der Waals surface area contributed by atoms with Crippen LogP contribution in [-0.2, 0) is 29.4 Å². The molecule has 3 aromatic rings. The topological polar surface area (TPSA) is 94.0 Å². The molecular weight excluding hydrogens is 500 g/mol. The third-order valence-corrected chi connectivity index (χ3v) is 10.1. The van der Waals surface area contributed by atoms with Crippen molar-refractivity contribution >= 4 is 31.6 Å². The number of fused-ring (bicyclic) bond motifs is 3. The summed E-state index contributed by atoms with van der Waals surface area (Å²) >= 11 is 1.63. The maximum Gasteiger partial charge on any atom is 0.300 e. The Morgan fingerprint density at radius 1 is 1.03 bits per heavy atom. The third kappa shape index (κ3) is 4.77. The first-order valence-corrected chi connectivity index (χ1v) is 14.7. The fourth-order valence-corrected chi connectivity index (χ4v) is 7.65. The van der Waals surface area contributed by atoms with Gasteiger partial charge < -0.3 is 9.47 Å². The molecule has 11 heteroatoms. The van der Waals surface area contributed by atoms with Crippen molar-refractivity contribution in [3.05, 3.63) is 45.1 Å².